The van der Waals surface area contributed by atoms with Gasteiger partial charge in [0.25, 0.3) is 5.91 Å². The topological polar surface area (TPSA) is 113 Å². The maximum atomic E-state index is 12.9. The summed E-state index contributed by atoms with van der Waals surface area (Å²) in [5, 5.41) is 5.49. The van der Waals surface area contributed by atoms with Crippen LogP contribution in [0.5, 0.6) is 0 Å². The minimum atomic E-state index is -0.637. The van der Waals surface area contributed by atoms with Crippen LogP contribution in [0.15, 0.2) is 30.3 Å². The van der Waals surface area contributed by atoms with Crippen molar-refractivity contribution in [1.82, 2.24) is 9.88 Å². The molecule has 3 N–H and O–H groups in total. The molecule has 0 aliphatic carbocycles. The molecular weight excluding hydrogens is 424 g/mol. The highest BCUT2D eigenvalue weighted by atomic mass is 16.6. The molecule has 2 aromatic rings. The number of hydrogen-bond donors (Lipinski definition) is 3. The van der Waals surface area contributed by atoms with Crippen LogP contribution in [0.4, 0.5) is 21.0 Å². The largest absolute Gasteiger partial charge is 0.449 e. The second-order valence-electron chi connectivity index (χ2n) is 8.95. The number of unbranched alkanes of at least 4 members (excludes halogenated alkanes) is 1. The van der Waals surface area contributed by atoms with Crippen LogP contribution in [0, 0.1) is 0 Å². The maximum Gasteiger partial charge on any atom is 0.412 e. The molecule has 0 spiro atoms. The monoisotopic (exact) mass is 456 g/mol. The number of nitrogens with zero attached hydrogens (tertiary/aromatic N) is 1. The van der Waals surface area contributed by atoms with Crippen LogP contribution in [0.2, 0.25) is 0 Å². The van der Waals surface area contributed by atoms with Gasteiger partial charge < -0.3 is 24.7 Å². The van der Waals surface area contributed by atoms with E-state index in [1.807, 2.05) is 6.92 Å². The number of carbonyl (C=O) groups is 3. The Balaban J connectivity index is 1.65. The van der Waals surface area contributed by atoms with Crippen molar-refractivity contribution in [1.29, 1.82) is 0 Å². The van der Waals surface area contributed by atoms with Crippen molar-refractivity contribution in [3.05, 3.63) is 47.3 Å². The van der Waals surface area contributed by atoms with Gasteiger partial charge in [0.15, 0.2) is 0 Å². The van der Waals surface area contributed by atoms with E-state index in [1.54, 1.807) is 56.0 Å². The van der Waals surface area contributed by atoms with Gasteiger partial charge in [-0.15, -0.1) is 0 Å². The number of ether oxygens (including phenoxy) is 2. The number of amides is 3. The molecule has 9 nitrogen and oxygen atoms in total. The average molecular weight is 457 g/mol. The zero-order valence-electron chi connectivity index (χ0n) is 19.6. The molecule has 2 heterocycles. The van der Waals surface area contributed by atoms with Gasteiger partial charge in [-0.2, -0.15) is 0 Å². The lowest BCUT2D eigenvalue weighted by Crippen LogP contribution is -2.36. The van der Waals surface area contributed by atoms with Crippen molar-refractivity contribution in [3.63, 3.8) is 0 Å². The smallest absolute Gasteiger partial charge is 0.412 e. The summed E-state index contributed by atoms with van der Waals surface area (Å²) in [7, 11) is 0. The van der Waals surface area contributed by atoms with Crippen LogP contribution < -0.4 is 10.6 Å². The number of rotatable bonds is 6. The normalized spacial score (nSPS) is 13.2. The molecule has 0 saturated carbocycles. The number of aromatic amines is 1. The lowest BCUT2D eigenvalue weighted by Gasteiger charge is -2.26. The maximum absolute atomic E-state index is 12.9. The van der Waals surface area contributed by atoms with Gasteiger partial charge in [-0.1, -0.05) is 25.5 Å². The van der Waals surface area contributed by atoms with E-state index < -0.39 is 11.7 Å². The molecule has 0 saturated heterocycles. The molecule has 178 valence electrons. The number of hydrogen-bond acceptors (Lipinski definition) is 5. The number of benzene rings is 1. The van der Waals surface area contributed by atoms with Gasteiger partial charge in [-0.05, 0) is 51.0 Å². The Morgan fingerprint density at radius 3 is 2.48 bits per heavy atom. The van der Waals surface area contributed by atoms with E-state index in [2.05, 4.69) is 15.6 Å². The molecule has 1 aromatic carbocycles. The molecule has 0 atom stereocenters. The van der Waals surface area contributed by atoms with Crippen molar-refractivity contribution in [3.8, 4) is 0 Å². The summed E-state index contributed by atoms with van der Waals surface area (Å²) < 4.78 is 10.6. The van der Waals surface area contributed by atoms with E-state index in [9.17, 15) is 14.4 Å². The molecule has 33 heavy (non-hydrogen) atoms. The van der Waals surface area contributed by atoms with Gasteiger partial charge in [0.05, 0.1) is 24.5 Å². The Bertz CT molecular complexity index is 1010. The van der Waals surface area contributed by atoms with E-state index >= 15 is 0 Å². The van der Waals surface area contributed by atoms with E-state index in [-0.39, 0.29) is 12.0 Å². The molecule has 1 aromatic heterocycles. The average Bonchev–Trinajstić information content (AvgIpc) is 3.17. The van der Waals surface area contributed by atoms with Crippen LogP contribution in [0.3, 0.4) is 0 Å². The third-order valence-electron chi connectivity index (χ3n) is 5.02. The van der Waals surface area contributed by atoms with Crippen molar-refractivity contribution in [2.45, 2.75) is 59.1 Å². The first kappa shape index (κ1) is 24.2. The van der Waals surface area contributed by atoms with Crippen LogP contribution in [-0.4, -0.2) is 46.7 Å². The summed E-state index contributed by atoms with van der Waals surface area (Å²) in [5.41, 5.74) is 2.44. The minimum Gasteiger partial charge on any atom is -0.449 e. The highest BCUT2D eigenvalue weighted by Gasteiger charge is 2.25. The standard InChI is InChI=1S/C24H32N4O5/c1-5-6-13-32-23(31)28-12-11-17-16(15-28)14-20(25-17)21(29)26-18-9-7-8-10-19(18)27-22(30)33-24(2,3)4/h7-10,14,25H,5-6,11-13,15H2,1-4H3,(H,26,29)(H,27,30). The molecule has 0 radical (unpaired) electrons. The first-order chi connectivity index (χ1) is 15.7. The lowest BCUT2D eigenvalue weighted by atomic mass is 10.1. The number of para-hydroxylation sites is 2. The van der Waals surface area contributed by atoms with Gasteiger partial charge in [0.2, 0.25) is 0 Å². The SMILES string of the molecule is CCCCOC(=O)N1CCc2[nH]c(C(=O)Nc3ccccc3NC(=O)OC(C)(C)C)cc2C1. The fraction of sp³-hybridized carbons (Fsp3) is 0.458. The molecule has 3 rings (SSSR count). The summed E-state index contributed by atoms with van der Waals surface area (Å²) >= 11 is 0. The summed E-state index contributed by atoms with van der Waals surface area (Å²) in [6.45, 7) is 8.70. The Kier molecular flexibility index (Phi) is 7.63. The second kappa shape index (κ2) is 10.4. The van der Waals surface area contributed by atoms with Gasteiger partial charge in [-0.25, -0.2) is 9.59 Å². The summed E-state index contributed by atoms with van der Waals surface area (Å²) in [5.74, 6) is -0.347. The zero-order chi connectivity index (χ0) is 24.0. The highest BCUT2D eigenvalue weighted by molar-refractivity contribution is 6.06. The molecule has 1 aliphatic rings. The molecule has 3 amide bonds. The Morgan fingerprint density at radius 2 is 1.82 bits per heavy atom. The van der Waals surface area contributed by atoms with Gasteiger partial charge in [0, 0.05) is 18.7 Å². The number of H-pyrrole nitrogens is 1. The van der Waals surface area contributed by atoms with Crippen LogP contribution in [0.1, 0.15) is 62.3 Å². The number of carbonyl (C=O) groups excluding carboxylic acids is 3. The Hall–Kier alpha value is -3.49. The second-order valence-corrected chi connectivity index (χ2v) is 8.95. The Morgan fingerprint density at radius 1 is 1.12 bits per heavy atom. The lowest BCUT2D eigenvalue weighted by molar-refractivity contribution is 0.0635. The summed E-state index contributed by atoms with van der Waals surface area (Å²) in [4.78, 5) is 42.1. The molecule has 0 bridgehead atoms. The predicted molar refractivity (Wildman–Crippen MR) is 125 cm³/mol. The molecule has 1 aliphatic heterocycles. The summed E-state index contributed by atoms with van der Waals surface area (Å²) in [6.07, 6.45) is 1.48. The van der Waals surface area contributed by atoms with Crippen molar-refractivity contribution in [2.75, 3.05) is 23.8 Å². The van der Waals surface area contributed by atoms with Crippen molar-refractivity contribution < 1.29 is 23.9 Å². The van der Waals surface area contributed by atoms with Crippen LogP contribution >= 0.6 is 0 Å². The van der Waals surface area contributed by atoms with Crippen molar-refractivity contribution >= 4 is 29.5 Å². The molecular formula is C24H32N4O5. The predicted octanol–water partition coefficient (Wildman–Crippen LogP) is 4.91. The van der Waals surface area contributed by atoms with Gasteiger partial charge in [-0.3, -0.25) is 10.1 Å². The molecule has 9 heteroatoms. The van der Waals surface area contributed by atoms with E-state index in [4.69, 9.17) is 9.47 Å². The third kappa shape index (κ3) is 6.74. The van der Waals surface area contributed by atoms with E-state index in [1.165, 1.54) is 0 Å². The first-order valence-electron chi connectivity index (χ1n) is 11.2. The van der Waals surface area contributed by atoms with Crippen molar-refractivity contribution in [2.24, 2.45) is 0 Å². The summed E-state index contributed by atoms with van der Waals surface area (Å²) in [6, 6.07) is 8.64. The van der Waals surface area contributed by atoms with Gasteiger partial charge in [0.1, 0.15) is 11.3 Å². The fourth-order valence-electron chi connectivity index (χ4n) is 3.41. The fourth-order valence-corrected chi connectivity index (χ4v) is 3.41. The molecule has 0 unspecified atom stereocenters. The number of fused-ring (bicyclic) bond motifs is 1. The molecule has 0 fully saturated rings. The Labute approximate surface area is 193 Å². The minimum absolute atomic E-state index is 0.330. The number of anilines is 2. The highest BCUT2D eigenvalue weighted by Crippen LogP contribution is 2.25. The van der Waals surface area contributed by atoms with E-state index in [0.717, 1.165) is 24.1 Å². The zero-order valence-corrected chi connectivity index (χ0v) is 19.6. The third-order valence-corrected chi connectivity index (χ3v) is 5.02. The van der Waals surface area contributed by atoms with Crippen LogP contribution in [-0.2, 0) is 22.4 Å². The van der Waals surface area contributed by atoms with E-state index in [0.29, 0.717) is 43.2 Å². The van der Waals surface area contributed by atoms with Crippen LogP contribution in [0.25, 0.3) is 0 Å². The van der Waals surface area contributed by atoms with Gasteiger partial charge >= 0.3 is 12.2 Å². The number of aromatic nitrogens is 1. The first-order valence-corrected chi connectivity index (χ1v) is 11.2. The quantitative estimate of drug-likeness (QED) is 0.535. The number of nitrogens with one attached hydrogen (secondary N) is 3.